The van der Waals surface area contributed by atoms with Crippen LogP contribution in [0.15, 0.2) is 54.9 Å². The lowest BCUT2D eigenvalue weighted by molar-refractivity contribution is -0.138. The Morgan fingerprint density at radius 2 is 1.46 bits per heavy atom. The molecule has 0 amide bonds. The maximum absolute atomic E-state index is 13.4. The van der Waals surface area contributed by atoms with Crippen LogP contribution >= 0.6 is 0 Å². The topological polar surface area (TPSA) is 58.4 Å². The third-order valence-electron chi connectivity index (χ3n) is 6.76. The molecule has 4 heterocycles. The number of pyridine rings is 1. The lowest BCUT2D eigenvalue weighted by atomic mass is 10.0. The van der Waals surface area contributed by atoms with Gasteiger partial charge in [-0.05, 0) is 56.3 Å². The van der Waals surface area contributed by atoms with Crippen molar-refractivity contribution >= 4 is 11.5 Å². The highest BCUT2D eigenvalue weighted by molar-refractivity contribution is 5.91. The molecule has 39 heavy (non-hydrogen) atoms. The summed E-state index contributed by atoms with van der Waals surface area (Å²) in [4.78, 5) is 11.2. The van der Waals surface area contributed by atoms with Crippen molar-refractivity contribution in [2.75, 3.05) is 31.5 Å². The van der Waals surface area contributed by atoms with Gasteiger partial charge in [-0.1, -0.05) is 25.0 Å². The summed E-state index contributed by atoms with van der Waals surface area (Å²) in [7, 11) is 0. The van der Waals surface area contributed by atoms with Gasteiger partial charge in [0.15, 0.2) is 0 Å². The molecule has 4 aromatic rings. The Kier molecular flexibility index (Phi) is 7.48. The molecule has 0 unspecified atom stereocenters. The summed E-state index contributed by atoms with van der Waals surface area (Å²) in [5.74, 6) is 0.340. The first kappa shape index (κ1) is 26.9. The van der Waals surface area contributed by atoms with E-state index in [0.717, 1.165) is 48.5 Å². The van der Waals surface area contributed by atoms with E-state index in [9.17, 15) is 26.3 Å². The van der Waals surface area contributed by atoms with E-state index in [0.29, 0.717) is 34.8 Å². The molecule has 0 spiro atoms. The molecule has 5 rings (SSSR count). The van der Waals surface area contributed by atoms with Gasteiger partial charge in [-0.2, -0.15) is 31.4 Å². The van der Waals surface area contributed by atoms with Crippen molar-refractivity contribution < 1.29 is 26.3 Å². The maximum Gasteiger partial charge on any atom is 0.417 e. The Hall–Kier alpha value is -3.67. The highest BCUT2D eigenvalue weighted by Gasteiger charge is 2.32. The molecule has 12 heteroatoms. The average Bonchev–Trinajstić information content (AvgIpc) is 3.08. The number of nitrogens with one attached hydrogen (secondary N) is 1. The van der Waals surface area contributed by atoms with Crippen LogP contribution in [0.2, 0.25) is 0 Å². The number of benzene rings is 1. The lowest BCUT2D eigenvalue weighted by Crippen LogP contribution is -2.30. The van der Waals surface area contributed by atoms with Gasteiger partial charge in [0.05, 0.1) is 27.9 Å². The molecule has 0 atom stereocenters. The minimum Gasteiger partial charge on any atom is -0.353 e. The molecule has 3 aromatic heterocycles. The van der Waals surface area contributed by atoms with Crippen molar-refractivity contribution in [3.8, 4) is 22.5 Å². The van der Waals surface area contributed by atoms with Gasteiger partial charge in [-0.25, -0.2) is 14.5 Å². The van der Waals surface area contributed by atoms with Crippen LogP contribution in [0, 0.1) is 0 Å². The van der Waals surface area contributed by atoms with E-state index < -0.39 is 23.5 Å². The first-order valence-corrected chi connectivity index (χ1v) is 12.7. The Morgan fingerprint density at radius 1 is 0.795 bits per heavy atom. The van der Waals surface area contributed by atoms with Crippen LogP contribution < -0.4 is 5.32 Å². The van der Waals surface area contributed by atoms with E-state index in [1.54, 1.807) is 6.07 Å². The summed E-state index contributed by atoms with van der Waals surface area (Å²) >= 11 is 0. The average molecular weight is 549 g/mol. The van der Waals surface area contributed by atoms with Gasteiger partial charge in [0.2, 0.25) is 5.95 Å². The summed E-state index contributed by atoms with van der Waals surface area (Å²) in [5.41, 5.74) is -0.127. The number of likely N-dealkylation sites (tertiary alicyclic amines) is 1. The number of aromatic nitrogens is 4. The molecule has 1 N–H and O–H groups in total. The van der Waals surface area contributed by atoms with Crippen LogP contribution in [0.5, 0.6) is 0 Å². The second-order valence-corrected chi connectivity index (χ2v) is 9.49. The minimum atomic E-state index is -4.59. The van der Waals surface area contributed by atoms with E-state index >= 15 is 0 Å². The van der Waals surface area contributed by atoms with Gasteiger partial charge in [0, 0.05) is 31.0 Å². The standard InChI is InChI=1S/C27H26F6N6/c28-26(29,30)19-7-5-18(6-8-19)24-23(22-10-9-20(27(31,32)33)17-39(22)37-24)21-11-12-34-25(36-21)35-13-16-38-14-3-1-2-4-15-38/h5-12,17H,1-4,13-16H2,(H,34,35,36). The van der Waals surface area contributed by atoms with Crippen LogP contribution in [0.25, 0.3) is 28.0 Å². The fourth-order valence-electron chi connectivity index (χ4n) is 4.76. The number of fused-ring (bicyclic) bond motifs is 1. The minimum absolute atomic E-state index is 0.206. The maximum atomic E-state index is 13.4. The Labute approximate surface area is 220 Å². The number of hydrogen-bond donors (Lipinski definition) is 1. The normalized spacial score (nSPS) is 15.4. The first-order valence-electron chi connectivity index (χ1n) is 12.7. The first-order chi connectivity index (χ1) is 18.6. The Bertz CT molecular complexity index is 1420. The molecule has 206 valence electrons. The van der Waals surface area contributed by atoms with Gasteiger partial charge >= 0.3 is 12.4 Å². The summed E-state index contributed by atoms with van der Waals surface area (Å²) in [6, 6.07) is 8.16. The zero-order valence-electron chi connectivity index (χ0n) is 20.9. The fourth-order valence-corrected chi connectivity index (χ4v) is 4.76. The highest BCUT2D eigenvalue weighted by atomic mass is 19.4. The molecular formula is C27H26F6N6. The predicted molar refractivity (Wildman–Crippen MR) is 135 cm³/mol. The molecule has 1 aliphatic rings. The summed E-state index contributed by atoms with van der Waals surface area (Å²) in [6.45, 7) is 3.52. The van der Waals surface area contributed by atoms with Crippen LogP contribution in [-0.2, 0) is 12.4 Å². The van der Waals surface area contributed by atoms with Crippen LogP contribution in [0.1, 0.15) is 36.8 Å². The van der Waals surface area contributed by atoms with Crippen molar-refractivity contribution in [3.63, 3.8) is 0 Å². The van der Waals surface area contributed by atoms with Gasteiger partial charge < -0.3 is 10.2 Å². The van der Waals surface area contributed by atoms with E-state index in [-0.39, 0.29) is 5.69 Å². The number of hydrogen-bond acceptors (Lipinski definition) is 5. The Morgan fingerprint density at radius 3 is 2.13 bits per heavy atom. The SMILES string of the molecule is FC(F)(F)c1ccc(-c2nn3cc(C(F)(F)F)ccc3c2-c2ccnc(NCCN3CCCCCC3)n2)cc1. The molecule has 0 bridgehead atoms. The monoisotopic (exact) mass is 548 g/mol. The molecule has 6 nitrogen and oxygen atoms in total. The molecule has 0 aliphatic carbocycles. The molecular weight excluding hydrogens is 522 g/mol. The van der Waals surface area contributed by atoms with E-state index in [2.05, 4.69) is 25.3 Å². The molecule has 0 saturated carbocycles. The van der Waals surface area contributed by atoms with Crippen LogP contribution in [0.4, 0.5) is 32.3 Å². The van der Waals surface area contributed by atoms with Crippen LogP contribution in [0.3, 0.4) is 0 Å². The van der Waals surface area contributed by atoms with E-state index in [4.69, 9.17) is 0 Å². The zero-order chi connectivity index (χ0) is 27.6. The predicted octanol–water partition coefficient (Wildman–Crippen LogP) is 6.78. The molecule has 0 radical (unpaired) electrons. The number of anilines is 1. The number of halogens is 6. The molecule has 1 aliphatic heterocycles. The smallest absolute Gasteiger partial charge is 0.353 e. The van der Waals surface area contributed by atoms with E-state index in [1.165, 1.54) is 50.1 Å². The summed E-state index contributed by atoms with van der Waals surface area (Å²) in [5, 5.41) is 7.55. The van der Waals surface area contributed by atoms with E-state index in [1.807, 2.05) is 0 Å². The van der Waals surface area contributed by atoms with Crippen molar-refractivity contribution in [3.05, 3.63) is 66.0 Å². The van der Waals surface area contributed by atoms with Crippen molar-refractivity contribution in [2.45, 2.75) is 38.0 Å². The largest absolute Gasteiger partial charge is 0.417 e. The van der Waals surface area contributed by atoms with Crippen molar-refractivity contribution in [2.24, 2.45) is 0 Å². The van der Waals surface area contributed by atoms with Gasteiger partial charge in [-0.3, -0.25) is 0 Å². The van der Waals surface area contributed by atoms with Crippen molar-refractivity contribution in [1.29, 1.82) is 0 Å². The van der Waals surface area contributed by atoms with Gasteiger partial charge in [-0.15, -0.1) is 0 Å². The second kappa shape index (κ2) is 10.8. The highest BCUT2D eigenvalue weighted by Crippen LogP contribution is 2.38. The Balaban J connectivity index is 1.50. The van der Waals surface area contributed by atoms with Crippen LogP contribution in [-0.4, -0.2) is 50.7 Å². The summed E-state index contributed by atoms with van der Waals surface area (Å²) in [6.07, 6.45) is -1.92. The summed E-state index contributed by atoms with van der Waals surface area (Å²) < 4.78 is 80.6. The second-order valence-electron chi connectivity index (χ2n) is 9.49. The third-order valence-corrected chi connectivity index (χ3v) is 6.76. The number of nitrogens with zero attached hydrogens (tertiary/aromatic N) is 5. The van der Waals surface area contributed by atoms with Gasteiger partial charge in [0.25, 0.3) is 0 Å². The molecule has 1 saturated heterocycles. The quantitative estimate of drug-likeness (QED) is 0.269. The zero-order valence-corrected chi connectivity index (χ0v) is 20.9. The molecule has 1 aromatic carbocycles. The molecule has 1 fully saturated rings. The third kappa shape index (κ3) is 6.16. The fraction of sp³-hybridized carbons (Fsp3) is 0.370. The van der Waals surface area contributed by atoms with Gasteiger partial charge in [0.1, 0.15) is 5.69 Å². The number of alkyl halides is 6. The lowest BCUT2D eigenvalue weighted by Gasteiger charge is -2.19. The van der Waals surface area contributed by atoms with Crippen molar-refractivity contribution in [1.82, 2.24) is 24.5 Å². The number of rotatable bonds is 6.